The molecule has 0 aromatic heterocycles. The molecule has 4 heteroatoms. The van der Waals surface area contributed by atoms with Gasteiger partial charge in [0, 0.05) is 23.0 Å². The van der Waals surface area contributed by atoms with E-state index in [1.54, 1.807) is 0 Å². The maximum atomic E-state index is 2.33. The summed E-state index contributed by atoms with van der Waals surface area (Å²) in [6.07, 6.45) is 8.27. The lowest BCUT2D eigenvalue weighted by molar-refractivity contribution is 0.779. The molecule has 1 atom stereocenters. The predicted molar refractivity (Wildman–Crippen MR) is 100 cm³/mol. The minimum absolute atomic E-state index is 0.503. The topological polar surface area (TPSA) is 0 Å². The van der Waals surface area contributed by atoms with Crippen molar-refractivity contribution in [3.05, 3.63) is 0 Å². The van der Waals surface area contributed by atoms with Crippen LogP contribution in [0.4, 0.5) is 0 Å². The van der Waals surface area contributed by atoms with Gasteiger partial charge in [-0.05, 0) is 19.3 Å². The van der Waals surface area contributed by atoms with Gasteiger partial charge in [0.05, 0.1) is 0 Å². The smallest absolute Gasteiger partial charge is 0.00369 e. The van der Waals surface area contributed by atoms with Crippen molar-refractivity contribution in [1.82, 2.24) is 0 Å². The van der Waals surface area contributed by atoms with Crippen LogP contribution in [-0.2, 0) is 0 Å². The molecule has 0 amide bonds. The first kappa shape index (κ1) is 19.4. The van der Waals surface area contributed by atoms with E-state index in [4.69, 9.17) is 0 Å². The second-order valence-corrected chi connectivity index (χ2v) is 17.1. The van der Waals surface area contributed by atoms with Gasteiger partial charge in [0.2, 0.25) is 0 Å². The molecule has 0 spiro atoms. The third kappa shape index (κ3) is 9.33. The Morgan fingerprint density at radius 2 is 1.33 bits per heavy atom. The van der Waals surface area contributed by atoms with Gasteiger partial charge < -0.3 is 0 Å². The molecule has 112 valence electrons. The fourth-order valence-corrected chi connectivity index (χ4v) is 16.3. The molecule has 1 unspecified atom stereocenters. The van der Waals surface area contributed by atoms with Crippen molar-refractivity contribution in [2.24, 2.45) is 0 Å². The van der Waals surface area contributed by atoms with Crippen LogP contribution in [0.15, 0.2) is 0 Å². The van der Waals surface area contributed by atoms with Crippen molar-refractivity contribution in [1.29, 1.82) is 0 Å². The van der Waals surface area contributed by atoms with Gasteiger partial charge in [0.1, 0.15) is 0 Å². The van der Waals surface area contributed by atoms with E-state index in [1.807, 2.05) is 0 Å². The second kappa shape index (κ2) is 13.4. The first-order valence-corrected chi connectivity index (χ1v) is 13.8. The highest BCUT2D eigenvalue weighted by atomic mass is 33.8. The largest absolute Gasteiger partial charge is 0.0944 e. The van der Waals surface area contributed by atoms with Crippen LogP contribution < -0.4 is 0 Å². The Hall–Kier alpha value is 1.40. The van der Waals surface area contributed by atoms with Crippen LogP contribution >= 0.6 is 39.5 Å². The summed E-state index contributed by atoms with van der Waals surface area (Å²) in [6, 6.07) is 0. The lowest BCUT2D eigenvalue weighted by atomic mass is 10.3. The molecule has 0 nitrogen and oxygen atoms in total. The molecule has 0 aliphatic carbocycles. The zero-order chi connectivity index (χ0) is 13.7. The van der Waals surface area contributed by atoms with E-state index in [-0.39, 0.29) is 0 Å². The highest BCUT2D eigenvalue weighted by Crippen LogP contribution is 2.78. The van der Waals surface area contributed by atoms with Crippen molar-refractivity contribution in [2.45, 2.75) is 66.2 Å². The Kier molecular flexibility index (Phi) is 14.4. The van der Waals surface area contributed by atoms with Gasteiger partial charge in [-0.2, -0.15) is 0 Å². The molecule has 0 aliphatic heterocycles. The van der Waals surface area contributed by atoms with Crippen LogP contribution in [0.1, 0.15) is 66.2 Å². The maximum Gasteiger partial charge on any atom is 0.00369 e. The lowest BCUT2D eigenvalue weighted by Gasteiger charge is -2.37. The van der Waals surface area contributed by atoms with E-state index < -0.39 is 7.12 Å². The Bertz CT molecular complexity index is 163. The average molecular weight is 329 g/mol. The van der Waals surface area contributed by atoms with Crippen molar-refractivity contribution < 1.29 is 0 Å². The molecule has 0 rings (SSSR count). The molecular formula is C14H32S4. The lowest BCUT2D eigenvalue weighted by Crippen LogP contribution is -1.97. The monoisotopic (exact) mass is 328 g/mol. The van der Waals surface area contributed by atoms with Crippen molar-refractivity contribution >= 4 is 39.5 Å². The van der Waals surface area contributed by atoms with Crippen LogP contribution in [0.2, 0.25) is 0 Å². The second-order valence-electron chi connectivity index (χ2n) is 4.37. The molecule has 18 heavy (non-hydrogen) atoms. The fourth-order valence-electron chi connectivity index (χ4n) is 1.53. The summed E-state index contributed by atoms with van der Waals surface area (Å²) in [4.78, 5) is 0. The summed E-state index contributed by atoms with van der Waals surface area (Å²) in [7, 11) is 6.39. The summed E-state index contributed by atoms with van der Waals surface area (Å²) in [6.45, 7) is 9.27. The zero-order valence-corrected chi connectivity index (χ0v) is 16.0. The minimum atomic E-state index is -0.503. The Morgan fingerprint density at radius 3 is 1.89 bits per heavy atom. The molecule has 0 aliphatic rings. The van der Waals surface area contributed by atoms with Crippen LogP contribution in [0.5, 0.6) is 0 Å². The molecule has 0 fully saturated rings. The Balaban J connectivity index is 4.34. The third-order valence-corrected chi connectivity index (χ3v) is 17.3. The molecule has 0 aromatic carbocycles. The summed E-state index contributed by atoms with van der Waals surface area (Å²) in [5, 5.41) is 0. The highest BCUT2D eigenvalue weighted by Gasteiger charge is 2.24. The first-order chi connectivity index (χ1) is 8.74. The van der Waals surface area contributed by atoms with Gasteiger partial charge in [-0.3, -0.25) is 0 Å². The summed E-state index contributed by atoms with van der Waals surface area (Å²) in [5.41, 5.74) is 0. The molecule has 0 aromatic rings. The quantitative estimate of drug-likeness (QED) is 0.260. The van der Waals surface area contributed by atoms with Crippen molar-refractivity contribution in [3.63, 3.8) is 0 Å². The van der Waals surface area contributed by atoms with Gasteiger partial charge in [-0.15, -0.1) is 0 Å². The molecular weight excluding hydrogens is 296 g/mol. The fraction of sp³-hybridized carbons (Fsp3) is 1.00. The normalized spacial score (nSPS) is 16.4. The predicted octanol–water partition coefficient (Wildman–Crippen LogP) is 7.16. The van der Waals surface area contributed by atoms with E-state index >= 15 is 0 Å². The first-order valence-electron chi connectivity index (χ1n) is 7.48. The van der Waals surface area contributed by atoms with Gasteiger partial charge in [0.15, 0.2) is 0 Å². The van der Waals surface area contributed by atoms with Gasteiger partial charge in [-0.25, -0.2) is 0 Å². The van der Waals surface area contributed by atoms with Gasteiger partial charge >= 0.3 is 0 Å². The number of unbranched alkanes of at least 4 members (excludes halogenated alkanes) is 3. The third-order valence-electron chi connectivity index (χ3n) is 2.52. The number of hydrogen-bond donors (Lipinski definition) is 0. The number of rotatable bonds is 13. The molecule has 0 heterocycles. The van der Waals surface area contributed by atoms with E-state index in [1.165, 1.54) is 61.5 Å². The molecule has 0 bridgehead atoms. The SMILES string of the molecule is CCCCCS(SCC)(SCCC)SCCCC. The van der Waals surface area contributed by atoms with Crippen LogP contribution in [0.25, 0.3) is 0 Å². The molecule has 0 radical (unpaired) electrons. The molecule has 0 N–H and O–H groups in total. The van der Waals surface area contributed by atoms with Crippen LogP contribution in [-0.4, -0.2) is 23.0 Å². The maximum absolute atomic E-state index is 2.33. The van der Waals surface area contributed by atoms with E-state index in [0.717, 1.165) is 0 Å². The van der Waals surface area contributed by atoms with Crippen LogP contribution in [0.3, 0.4) is 0 Å². The number of hydrogen-bond acceptors (Lipinski definition) is 3. The minimum Gasteiger partial charge on any atom is -0.0944 e. The molecule has 0 saturated heterocycles. The summed E-state index contributed by atoms with van der Waals surface area (Å²) < 4.78 is 0. The summed E-state index contributed by atoms with van der Waals surface area (Å²) >= 11 is 0. The zero-order valence-electron chi connectivity index (χ0n) is 12.7. The van der Waals surface area contributed by atoms with E-state index in [9.17, 15) is 0 Å². The Morgan fingerprint density at radius 1 is 0.667 bits per heavy atom. The van der Waals surface area contributed by atoms with Crippen molar-refractivity contribution in [2.75, 3.05) is 23.0 Å². The van der Waals surface area contributed by atoms with Crippen molar-refractivity contribution in [3.8, 4) is 0 Å². The highest BCUT2D eigenvalue weighted by molar-refractivity contribution is 9.48. The van der Waals surface area contributed by atoms with Gasteiger partial charge in [-0.1, -0.05) is 86.5 Å². The van der Waals surface area contributed by atoms with Crippen LogP contribution in [0, 0.1) is 0 Å². The Labute approximate surface area is 128 Å². The van der Waals surface area contributed by atoms with E-state index in [0.29, 0.717) is 0 Å². The molecule has 0 saturated carbocycles. The standard InChI is InChI=1S/C14H32S4/c1-5-9-11-14-18(15-8-4,16-12-7-3)17-13-10-6-2/h5-14H2,1-4H3. The summed E-state index contributed by atoms with van der Waals surface area (Å²) in [5.74, 6) is 5.49. The van der Waals surface area contributed by atoms with Gasteiger partial charge in [0.25, 0.3) is 0 Å². The average Bonchev–Trinajstić information content (AvgIpc) is 2.37. The van der Waals surface area contributed by atoms with E-state index in [2.05, 4.69) is 60.1 Å².